The van der Waals surface area contributed by atoms with Crippen LogP contribution in [0.1, 0.15) is 36.1 Å². The van der Waals surface area contributed by atoms with Crippen molar-refractivity contribution in [3.63, 3.8) is 0 Å². The smallest absolute Gasteiger partial charge is 0.253 e. The Bertz CT molecular complexity index is 1220. The minimum atomic E-state index is -0.437. The normalized spacial score (nSPS) is 12.0. The van der Waals surface area contributed by atoms with Gasteiger partial charge in [-0.25, -0.2) is 0 Å². The second-order valence-corrected chi connectivity index (χ2v) is 10.3. The molecule has 34 heavy (non-hydrogen) atoms. The van der Waals surface area contributed by atoms with Crippen molar-refractivity contribution in [2.45, 2.75) is 25.0 Å². The van der Waals surface area contributed by atoms with Crippen LogP contribution < -0.4 is 10.6 Å². The van der Waals surface area contributed by atoms with E-state index in [1.54, 1.807) is 41.9 Å². The van der Waals surface area contributed by atoms with Crippen LogP contribution >= 0.6 is 58.2 Å². The molecule has 1 atom stereocenters. The number of hydrogen-bond donors (Lipinski definition) is 2. The highest BCUT2D eigenvalue weighted by atomic mass is 35.5. The summed E-state index contributed by atoms with van der Waals surface area (Å²) in [5, 5.41) is 16.2. The Morgan fingerprint density at radius 3 is 2.26 bits per heavy atom. The van der Waals surface area contributed by atoms with Crippen molar-refractivity contribution in [2.24, 2.45) is 13.0 Å². The third kappa shape index (κ3) is 6.58. The molecular weight excluding hydrogens is 540 g/mol. The molecule has 0 aliphatic rings. The Morgan fingerprint density at radius 1 is 1.00 bits per heavy atom. The standard InChI is InChI=1S/C22H21Cl4N5O2S/c1-11(2)19(28-21(33)14-6-4-12(23)8-15(14)25)20-29-30-22(31(20)3)34-10-18(32)27-17-7-5-13(24)9-16(17)26/h4-9,11,19H,10H2,1-3H3,(H,27,32)(H,28,33)/t19-/m0/s1. The molecular formula is C22H21Cl4N5O2S. The fourth-order valence-corrected chi connectivity index (χ4v) is 4.72. The molecule has 0 bridgehead atoms. The Morgan fingerprint density at radius 2 is 1.65 bits per heavy atom. The SMILES string of the molecule is CC(C)[C@H](NC(=O)c1ccc(Cl)cc1Cl)c1nnc(SCC(=O)Nc2ccc(Cl)cc2Cl)n1C. The van der Waals surface area contributed by atoms with Crippen molar-refractivity contribution in [1.82, 2.24) is 20.1 Å². The minimum absolute atomic E-state index is 0.00567. The number of carbonyl (C=O) groups is 2. The lowest BCUT2D eigenvalue weighted by Crippen LogP contribution is -2.33. The summed E-state index contributed by atoms with van der Waals surface area (Å²) in [7, 11) is 1.78. The molecule has 2 aromatic carbocycles. The van der Waals surface area contributed by atoms with Gasteiger partial charge in [-0.2, -0.15) is 0 Å². The van der Waals surface area contributed by atoms with E-state index in [0.29, 0.717) is 37.3 Å². The maximum Gasteiger partial charge on any atom is 0.253 e. The minimum Gasteiger partial charge on any atom is -0.342 e. The summed E-state index contributed by atoms with van der Waals surface area (Å²) in [6, 6.07) is 9.08. The molecule has 0 unspecified atom stereocenters. The number of carbonyl (C=O) groups excluding carboxylic acids is 2. The highest BCUT2D eigenvalue weighted by molar-refractivity contribution is 7.99. The average Bonchev–Trinajstić information content (AvgIpc) is 3.12. The fraction of sp³-hybridized carbons (Fsp3) is 0.273. The van der Waals surface area contributed by atoms with Crippen LogP contribution in [0.4, 0.5) is 5.69 Å². The van der Waals surface area contributed by atoms with Crippen molar-refractivity contribution in [2.75, 3.05) is 11.1 Å². The van der Waals surface area contributed by atoms with Crippen LogP contribution in [0.3, 0.4) is 0 Å². The summed E-state index contributed by atoms with van der Waals surface area (Å²) in [4.78, 5) is 25.2. The van der Waals surface area contributed by atoms with Gasteiger partial charge in [0.25, 0.3) is 5.91 Å². The molecule has 7 nitrogen and oxygen atoms in total. The van der Waals surface area contributed by atoms with E-state index in [1.807, 2.05) is 13.8 Å². The van der Waals surface area contributed by atoms with E-state index < -0.39 is 6.04 Å². The van der Waals surface area contributed by atoms with Gasteiger partial charge in [0.05, 0.1) is 33.1 Å². The van der Waals surface area contributed by atoms with Crippen LogP contribution in [0, 0.1) is 5.92 Å². The molecule has 12 heteroatoms. The van der Waals surface area contributed by atoms with Crippen LogP contribution in [0.5, 0.6) is 0 Å². The van der Waals surface area contributed by atoms with Crippen molar-refractivity contribution in [3.05, 3.63) is 67.9 Å². The summed E-state index contributed by atoms with van der Waals surface area (Å²) < 4.78 is 1.75. The molecule has 1 aromatic heterocycles. The molecule has 2 N–H and O–H groups in total. The van der Waals surface area contributed by atoms with E-state index >= 15 is 0 Å². The molecule has 1 heterocycles. The Hall–Kier alpha value is -1.97. The number of aromatic nitrogens is 3. The van der Waals surface area contributed by atoms with Gasteiger partial charge in [0, 0.05) is 17.1 Å². The zero-order valence-corrected chi connectivity index (χ0v) is 22.2. The highest BCUT2D eigenvalue weighted by Gasteiger charge is 2.26. The Kier molecular flexibility index (Phi) is 9.12. The maximum absolute atomic E-state index is 12.8. The first kappa shape index (κ1) is 26.6. The van der Waals surface area contributed by atoms with Gasteiger partial charge in [0.15, 0.2) is 11.0 Å². The van der Waals surface area contributed by atoms with E-state index in [9.17, 15) is 9.59 Å². The number of amides is 2. The van der Waals surface area contributed by atoms with Crippen LogP contribution in [0.15, 0.2) is 41.6 Å². The van der Waals surface area contributed by atoms with Crippen LogP contribution in [-0.2, 0) is 11.8 Å². The topological polar surface area (TPSA) is 88.9 Å². The lowest BCUT2D eigenvalue weighted by Gasteiger charge is -2.22. The van der Waals surface area contributed by atoms with Crippen LogP contribution in [-0.4, -0.2) is 32.3 Å². The Balaban J connectivity index is 1.69. The third-order valence-electron chi connectivity index (χ3n) is 4.81. The molecule has 2 amide bonds. The molecule has 3 rings (SSSR count). The second-order valence-electron chi connectivity index (χ2n) is 7.68. The number of halogens is 4. The number of anilines is 1. The van der Waals surface area contributed by atoms with Crippen LogP contribution in [0.25, 0.3) is 0 Å². The van der Waals surface area contributed by atoms with Crippen molar-refractivity contribution >= 4 is 75.7 Å². The first-order valence-electron chi connectivity index (χ1n) is 10.1. The number of hydrogen-bond acceptors (Lipinski definition) is 5. The predicted octanol–water partition coefficient (Wildman–Crippen LogP) is 6.29. The van der Waals surface area contributed by atoms with Gasteiger partial charge >= 0.3 is 0 Å². The molecule has 0 radical (unpaired) electrons. The van der Waals surface area contributed by atoms with E-state index in [0.717, 1.165) is 0 Å². The summed E-state index contributed by atoms with van der Waals surface area (Å²) >= 11 is 25.3. The largest absolute Gasteiger partial charge is 0.342 e. The number of nitrogens with one attached hydrogen (secondary N) is 2. The first-order valence-corrected chi connectivity index (χ1v) is 12.6. The van der Waals surface area contributed by atoms with Gasteiger partial charge in [0.2, 0.25) is 5.91 Å². The van der Waals surface area contributed by atoms with Gasteiger partial charge < -0.3 is 15.2 Å². The molecule has 0 aliphatic heterocycles. The fourth-order valence-electron chi connectivity index (χ4n) is 3.05. The number of benzene rings is 2. The zero-order chi connectivity index (χ0) is 25.0. The number of thioether (sulfide) groups is 1. The van der Waals surface area contributed by atoms with Gasteiger partial charge in [-0.05, 0) is 42.3 Å². The van der Waals surface area contributed by atoms with Crippen molar-refractivity contribution in [3.8, 4) is 0 Å². The molecule has 0 saturated heterocycles. The van der Waals surface area contributed by atoms with Crippen molar-refractivity contribution < 1.29 is 9.59 Å². The quantitative estimate of drug-likeness (QED) is 0.316. The van der Waals surface area contributed by atoms with E-state index in [1.165, 1.54) is 17.8 Å². The number of rotatable bonds is 8. The maximum atomic E-state index is 12.8. The van der Waals surface area contributed by atoms with Crippen molar-refractivity contribution in [1.29, 1.82) is 0 Å². The molecule has 0 fully saturated rings. The molecule has 3 aromatic rings. The molecule has 180 valence electrons. The van der Waals surface area contributed by atoms with Gasteiger partial charge in [-0.3, -0.25) is 9.59 Å². The summed E-state index contributed by atoms with van der Waals surface area (Å²) in [6.45, 7) is 3.92. The third-order valence-corrected chi connectivity index (χ3v) is 6.93. The summed E-state index contributed by atoms with van der Waals surface area (Å²) in [6.07, 6.45) is 0. The van der Waals surface area contributed by atoms with Gasteiger partial charge in [0.1, 0.15) is 0 Å². The molecule has 0 spiro atoms. The zero-order valence-electron chi connectivity index (χ0n) is 18.4. The molecule has 0 aliphatic carbocycles. The lowest BCUT2D eigenvalue weighted by atomic mass is 10.0. The predicted molar refractivity (Wildman–Crippen MR) is 138 cm³/mol. The summed E-state index contributed by atoms with van der Waals surface area (Å²) in [5.74, 6) is 0.0363. The van der Waals surface area contributed by atoms with E-state index in [-0.39, 0.29) is 28.5 Å². The highest BCUT2D eigenvalue weighted by Crippen LogP contribution is 2.28. The monoisotopic (exact) mass is 559 g/mol. The van der Waals surface area contributed by atoms with E-state index in [4.69, 9.17) is 46.4 Å². The number of nitrogens with zero attached hydrogens (tertiary/aromatic N) is 3. The van der Waals surface area contributed by atoms with Gasteiger partial charge in [-0.1, -0.05) is 72.0 Å². The lowest BCUT2D eigenvalue weighted by molar-refractivity contribution is -0.113. The average molecular weight is 561 g/mol. The Labute approximate surface area is 221 Å². The molecule has 0 saturated carbocycles. The van der Waals surface area contributed by atoms with Gasteiger partial charge in [-0.15, -0.1) is 10.2 Å². The summed E-state index contributed by atoms with van der Waals surface area (Å²) in [5.41, 5.74) is 0.782. The second kappa shape index (κ2) is 11.6. The first-order chi connectivity index (χ1) is 16.1. The van der Waals surface area contributed by atoms with E-state index in [2.05, 4.69) is 20.8 Å². The van der Waals surface area contributed by atoms with Crippen LogP contribution in [0.2, 0.25) is 20.1 Å².